The number of carbonyl (C=O) groups is 1. The second-order valence-corrected chi connectivity index (χ2v) is 7.47. The van der Waals surface area contributed by atoms with Gasteiger partial charge in [0.15, 0.2) is 0 Å². The van der Waals surface area contributed by atoms with Gasteiger partial charge in [-0.2, -0.15) is 5.10 Å². The molecule has 1 atom stereocenters. The lowest BCUT2D eigenvalue weighted by Gasteiger charge is -2.37. The Morgan fingerprint density at radius 3 is 2.72 bits per heavy atom. The standard InChI is InChI=1S/C20H25N3O2/c1-23-12-17(11-21-23)19(16-9-18(24)10-16)22-20(25)15-7-6-13-4-2-3-5-14(13)8-15/h6-8,11-12,16,18-19,24H,2-5,9-10H2,1H3,(H,22,25). The molecule has 1 fully saturated rings. The highest BCUT2D eigenvalue weighted by atomic mass is 16.3. The summed E-state index contributed by atoms with van der Waals surface area (Å²) in [5.41, 5.74) is 4.43. The van der Waals surface area contributed by atoms with Gasteiger partial charge in [0.25, 0.3) is 5.91 Å². The van der Waals surface area contributed by atoms with E-state index in [4.69, 9.17) is 0 Å². The Bertz CT molecular complexity index is 777. The van der Waals surface area contributed by atoms with E-state index in [1.165, 1.54) is 24.0 Å². The minimum absolute atomic E-state index is 0.0383. The van der Waals surface area contributed by atoms with Gasteiger partial charge in [0.05, 0.1) is 18.3 Å². The van der Waals surface area contributed by atoms with Crippen molar-refractivity contribution in [2.75, 3.05) is 0 Å². The highest BCUT2D eigenvalue weighted by Gasteiger charge is 2.36. The number of nitrogens with one attached hydrogen (secondary N) is 1. The number of hydrogen-bond acceptors (Lipinski definition) is 3. The lowest BCUT2D eigenvalue weighted by molar-refractivity contribution is 0.0235. The van der Waals surface area contributed by atoms with Crippen molar-refractivity contribution in [2.45, 2.75) is 50.7 Å². The van der Waals surface area contributed by atoms with Crippen LogP contribution in [-0.2, 0) is 19.9 Å². The first kappa shape index (κ1) is 16.3. The SMILES string of the molecule is Cn1cc(C(NC(=O)c2ccc3c(c2)CCCC3)C2CC(O)C2)cn1. The molecule has 2 aliphatic carbocycles. The van der Waals surface area contributed by atoms with Crippen LogP contribution in [0.4, 0.5) is 0 Å². The third-order valence-electron chi connectivity index (χ3n) is 5.60. The first-order chi connectivity index (χ1) is 12.1. The number of carbonyl (C=O) groups excluding carboxylic acids is 1. The molecule has 132 valence electrons. The number of nitrogens with zero attached hydrogens (tertiary/aromatic N) is 2. The molecule has 0 bridgehead atoms. The van der Waals surface area contributed by atoms with Crippen molar-refractivity contribution < 1.29 is 9.90 Å². The van der Waals surface area contributed by atoms with Crippen molar-refractivity contribution in [1.29, 1.82) is 0 Å². The molecular weight excluding hydrogens is 314 g/mol. The number of aliphatic hydroxyl groups is 1. The molecule has 1 aromatic heterocycles. The molecule has 0 aliphatic heterocycles. The smallest absolute Gasteiger partial charge is 0.251 e. The van der Waals surface area contributed by atoms with Gasteiger partial charge in [-0.15, -0.1) is 0 Å². The molecule has 1 heterocycles. The molecule has 5 heteroatoms. The summed E-state index contributed by atoms with van der Waals surface area (Å²) in [6, 6.07) is 6.01. The van der Waals surface area contributed by atoms with E-state index in [9.17, 15) is 9.90 Å². The Hall–Kier alpha value is -2.14. The zero-order valence-corrected chi connectivity index (χ0v) is 14.6. The molecule has 0 spiro atoms. The largest absolute Gasteiger partial charge is 0.393 e. The molecule has 1 aromatic carbocycles. The molecular formula is C20H25N3O2. The van der Waals surface area contributed by atoms with Crippen molar-refractivity contribution in [2.24, 2.45) is 13.0 Å². The average molecular weight is 339 g/mol. The van der Waals surface area contributed by atoms with E-state index < -0.39 is 0 Å². The number of amides is 1. The van der Waals surface area contributed by atoms with Crippen LogP contribution in [0.15, 0.2) is 30.6 Å². The summed E-state index contributed by atoms with van der Waals surface area (Å²) < 4.78 is 1.75. The number of aliphatic hydroxyl groups excluding tert-OH is 1. The van der Waals surface area contributed by atoms with Crippen LogP contribution in [0.5, 0.6) is 0 Å². The predicted molar refractivity (Wildman–Crippen MR) is 95.2 cm³/mol. The maximum Gasteiger partial charge on any atom is 0.251 e. The molecule has 1 saturated carbocycles. The molecule has 2 aliphatic rings. The molecule has 0 saturated heterocycles. The normalized spacial score (nSPS) is 23.4. The maximum absolute atomic E-state index is 12.8. The Kier molecular flexibility index (Phi) is 4.34. The predicted octanol–water partition coefficient (Wildman–Crippen LogP) is 2.54. The van der Waals surface area contributed by atoms with E-state index in [0.717, 1.165) is 36.8 Å². The zero-order chi connectivity index (χ0) is 17.4. The Morgan fingerprint density at radius 1 is 1.28 bits per heavy atom. The summed E-state index contributed by atoms with van der Waals surface area (Å²) in [5, 5.41) is 17.1. The lowest BCUT2D eigenvalue weighted by atomic mass is 9.75. The molecule has 5 nitrogen and oxygen atoms in total. The van der Waals surface area contributed by atoms with Gasteiger partial charge in [0.1, 0.15) is 0 Å². The maximum atomic E-state index is 12.8. The zero-order valence-electron chi connectivity index (χ0n) is 14.6. The van der Waals surface area contributed by atoms with E-state index >= 15 is 0 Å². The minimum Gasteiger partial charge on any atom is -0.393 e. The van der Waals surface area contributed by atoms with Gasteiger partial charge in [-0.1, -0.05) is 6.07 Å². The fourth-order valence-corrected chi connectivity index (χ4v) is 4.08. The van der Waals surface area contributed by atoms with Crippen molar-refractivity contribution in [3.63, 3.8) is 0 Å². The highest BCUT2D eigenvalue weighted by molar-refractivity contribution is 5.94. The van der Waals surface area contributed by atoms with Gasteiger partial charge in [-0.3, -0.25) is 9.48 Å². The van der Waals surface area contributed by atoms with E-state index in [2.05, 4.69) is 22.5 Å². The molecule has 1 amide bonds. The van der Waals surface area contributed by atoms with Gasteiger partial charge in [-0.25, -0.2) is 0 Å². The van der Waals surface area contributed by atoms with Gasteiger partial charge in [-0.05, 0) is 67.7 Å². The fraction of sp³-hybridized carbons (Fsp3) is 0.500. The monoisotopic (exact) mass is 339 g/mol. The Balaban J connectivity index is 1.54. The second-order valence-electron chi connectivity index (χ2n) is 7.47. The fourth-order valence-electron chi connectivity index (χ4n) is 4.08. The number of aromatic nitrogens is 2. The second kappa shape index (κ2) is 6.64. The van der Waals surface area contributed by atoms with Crippen LogP contribution < -0.4 is 5.32 Å². The summed E-state index contributed by atoms with van der Waals surface area (Å²) in [6.45, 7) is 0. The van der Waals surface area contributed by atoms with Crippen molar-refractivity contribution in [1.82, 2.24) is 15.1 Å². The number of fused-ring (bicyclic) bond motifs is 1. The van der Waals surface area contributed by atoms with Gasteiger partial charge >= 0.3 is 0 Å². The number of hydrogen-bond donors (Lipinski definition) is 2. The van der Waals surface area contributed by atoms with E-state index in [-0.39, 0.29) is 24.0 Å². The third-order valence-corrected chi connectivity index (χ3v) is 5.60. The summed E-state index contributed by atoms with van der Waals surface area (Å²) in [5.74, 6) is 0.226. The van der Waals surface area contributed by atoms with Crippen molar-refractivity contribution >= 4 is 5.91 Å². The van der Waals surface area contributed by atoms with Crippen LogP contribution >= 0.6 is 0 Å². The number of benzene rings is 1. The minimum atomic E-state index is -0.246. The molecule has 2 aromatic rings. The van der Waals surface area contributed by atoms with Crippen LogP contribution in [0.25, 0.3) is 0 Å². The van der Waals surface area contributed by atoms with Crippen molar-refractivity contribution in [3.05, 3.63) is 52.8 Å². The van der Waals surface area contributed by atoms with Crippen LogP contribution in [0, 0.1) is 5.92 Å². The molecule has 1 unspecified atom stereocenters. The van der Waals surface area contributed by atoms with Crippen LogP contribution in [0.2, 0.25) is 0 Å². The number of aryl methyl sites for hydroxylation is 3. The molecule has 4 rings (SSSR count). The third kappa shape index (κ3) is 3.33. The average Bonchev–Trinajstić information content (AvgIpc) is 3.03. The quantitative estimate of drug-likeness (QED) is 0.899. The van der Waals surface area contributed by atoms with E-state index in [1.54, 1.807) is 4.68 Å². The number of rotatable bonds is 4. The summed E-state index contributed by atoms with van der Waals surface area (Å²) in [6.07, 6.45) is 9.60. The Morgan fingerprint density at radius 2 is 2.04 bits per heavy atom. The summed E-state index contributed by atoms with van der Waals surface area (Å²) >= 11 is 0. The van der Waals surface area contributed by atoms with Crippen LogP contribution in [0.3, 0.4) is 0 Å². The summed E-state index contributed by atoms with van der Waals surface area (Å²) in [7, 11) is 1.88. The molecule has 2 N–H and O–H groups in total. The highest BCUT2D eigenvalue weighted by Crippen LogP contribution is 2.38. The van der Waals surface area contributed by atoms with E-state index in [1.807, 2.05) is 25.5 Å². The molecule has 25 heavy (non-hydrogen) atoms. The van der Waals surface area contributed by atoms with Crippen LogP contribution in [-0.4, -0.2) is 26.9 Å². The van der Waals surface area contributed by atoms with Crippen LogP contribution in [0.1, 0.15) is 58.8 Å². The van der Waals surface area contributed by atoms with Gasteiger partial charge in [0, 0.05) is 24.4 Å². The first-order valence-corrected chi connectivity index (χ1v) is 9.19. The van der Waals surface area contributed by atoms with Gasteiger partial charge < -0.3 is 10.4 Å². The summed E-state index contributed by atoms with van der Waals surface area (Å²) in [4.78, 5) is 12.8. The first-order valence-electron chi connectivity index (χ1n) is 9.19. The van der Waals surface area contributed by atoms with Crippen molar-refractivity contribution in [3.8, 4) is 0 Å². The topological polar surface area (TPSA) is 67.2 Å². The van der Waals surface area contributed by atoms with Gasteiger partial charge in [0.2, 0.25) is 0 Å². The van der Waals surface area contributed by atoms with E-state index in [0.29, 0.717) is 0 Å². The lowest BCUT2D eigenvalue weighted by Crippen LogP contribution is -2.41. The molecule has 0 radical (unpaired) electrons. The Labute approximate surface area is 148 Å².